The highest BCUT2D eigenvalue weighted by atomic mass is 32.1. The fraction of sp³-hybridized carbons (Fsp3) is 0.154. The molecule has 0 unspecified atom stereocenters. The largest absolute Gasteiger partial charge is 0.457 e. The maximum Gasteiger partial charge on any atom is 0.163 e. The van der Waals surface area contributed by atoms with E-state index >= 15 is 0 Å². The molecule has 0 fully saturated rings. The van der Waals surface area contributed by atoms with Crippen molar-refractivity contribution in [3.8, 4) is 10.8 Å². The number of thiazole rings is 1. The minimum Gasteiger partial charge on any atom is -0.457 e. The van der Waals surface area contributed by atoms with Crippen LogP contribution in [-0.4, -0.2) is 4.98 Å². The number of fused-ring (bicyclic) bond motifs is 1. The summed E-state index contributed by atoms with van der Waals surface area (Å²) >= 11 is 1.64. The van der Waals surface area contributed by atoms with Crippen molar-refractivity contribution < 1.29 is 4.42 Å². The van der Waals surface area contributed by atoms with Gasteiger partial charge in [-0.05, 0) is 30.7 Å². The Hall–Kier alpha value is -1.65. The van der Waals surface area contributed by atoms with Gasteiger partial charge in [0.1, 0.15) is 5.76 Å². The van der Waals surface area contributed by atoms with Crippen LogP contribution in [0.2, 0.25) is 0 Å². The maximum atomic E-state index is 5.61. The molecule has 0 saturated heterocycles. The molecule has 0 atom stereocenters. The molecule has 0 aliphatic rings. The summed E-state index contributed by atoms with van der Waals surface area (Å²) in [6.45, 7) is 2.49. The van der Waals surface area contributed by atoms with Crippen LogP contribution in [0, 0.1) is 6.92 Å². The zero-order valence-corrected chi connectivity index (χ0v) is 10.3. The second kappa shape index (κ2) is 3.98. The molecule has 3 nitrogen and oxygen atoms in total. The molecule has 3 aromatic rings. The van der Waals surface area contributed by atoms with Crippen LogP contribution in [0.25, 0.3) is 21.0 Å². The van der Waals surface area contributed by atoms with Crippen molar-refractivity contribution in [2.24, 2.45) is 5.73 Å². The molecule has 0 bridgehead atoms. The third-order valence-electron chi connectivity index (χ3n) is 2.69. The highest BCUT2D eigenvalue weighted by Crippen LogP contribution is 2.32. The topological polar surface area (TPSA) is 52.0 Å². The van der Waals surface area contributed by atoms with Gasteiger partial charge < -0.3 is 10.2 Å². The monoisotopic (exact) mass is 244 g/mol. The molecule has 0 aliphatic heterocycles. The Kier molecular flexibility index (Phi) is 2.46. The van der Waals surface area contributed by atoms with Crippen molar-refractivity contribution in [2.45, 2.75) is 13.5 Å². The number of furan rings is 1. The van der Waals surface area contributed by atoms with Crippen LogP contribution in [0.15, 0.2) is 34.7 Å². The minimum atomic E-state index is 0.421. The van der Waals surface area contributed by atoms with E-state index in [0.29, 0.717) is 6.54 Å². The van der Waals surface area contributed by atoms with Crippen LogP contribution in [0.1, 0.15) is 11.3 Å². The molecule has 1 aromatic carbocycles. The Bertz CT molecular complexity index is 669. The number of rotatable bonds is 2. The molecule has 2 N–H and O–H groups in total. The molecular formula is C13H12N2OS. The van der Waals surface area contributed by atoms with Gasteiger partial charge in [0.25, 0.3) is 0 Å². The highest BCUT2D eigenvalue weighted by Gasteiger charge is 2.10. The zero-order chi connectivity index (χ0) is 11.8. The lowest BCUT2D eigenvalue weighted by Crippen LogP contribution is -1.92. The van der Waals surface area contributed by atoms with Gasteiger partial charge in [-0.1, -0.05) is 12.1 Å². The number of hydrogen-bond donors (Lipinski definition) is 1. The van der Waals surface area contributed by atoms with Gasteiger partial charge in [-0.15, -0.1) is 11.3 Å². The summed E-state index contributed by atoms with van der Waals surface area (Å²) in [5, 5.41) is 0.911. The summed E-state index contributed by atoms with van der Waals surface area (Å²) in [6, 6.07) is 10.0. The summed E-state index contributed by atoms with van der Waals surface area (Å²) in [5.41, 5.74) is 7.77. The number of aryl methyl sites for hydroxylation is 1. The lowest BCUT2D eigenvalue weighted by Gasteiger charge is -1.90. The SMILES string of the molecule is Cc1cccc2sc(-c3ccc(CN)o3)nc12. The van der Waals surface area contributed by atoms with Crippen LogP contribution in [-0.2, 0) is 6.54 Å². The standard InChI is InChI=1S/C13H12N2OS/c1-8-3-2-4-11-12(8)15-13(17-11)10-6-5-9(7-14)16-10/h2-6H,7,14H2,1H3. The number of nitrogens with two attached hydrogens (primary N) is 1. The first-order chi connectivity index (χ1) is 8.28. The molecule has 3 rings (SSSR count). The third-order valence-corrected chi connectivity index (χ3v) is 3.73. The normalized spacial score (nSPS) is 11.2. The number of nitrogens with zero attached hydrogens (tertiary/aromatic N) is 1. The van der Waals surface area contributed by atoms with Crippen LogP contribution >= 0.6 is 11.3 Å². The molecule has 2 heterocycles. The lowest BCUT2D eigenvalue weighted by molar-refractivity contribution is 0.525. The zero-order valence-electron chi connectivity index (χ0n) is 9.43. The first-order valence-corrected chi connectivity index (χ1v) is 6.25. The number of aromatic nitrogens is 1. The van der Waals surface area contributed by atoms with Gasteiger partial charge in [0, 0.05) is 0 Å². The summed E-state index contributed by atoms with van der Waals surface area (Å²) in [7, 11) is 0. The molecule has 0 amide bonds. The van der Waals surface area contributed by atoms with Crippen molar-refractivity contribution in [1.29, 1.82) is 0 Å². The Morgan fingerprint density at radius 1 is 1.29 bits per heavy atom. The molecule has 0 aliphatic carbocycles. The highest BCUT2D eigenvalue weighted by molar-refractivity contribution is 7.21. The Labute approximate surface area is 103 Å². The molecule has 17 heavy (non-hydrogen) atoms. The van der Waals surface area contributed by atoms with Crippen LogP contribution in [0.5, 0.6) is 0 Å². The second-order valence-corrected chi connectivity index (χ2v) is 4.94. The van der Waals surface area contributed by atoms with E-state index in [1.54, 1.807) is 11.3 Å². The van der Waals surface area contributed by atoms with Crippen molar-refractivity contribution in [3.63, 3.8) is 0 Å². The van der Waals surface area contributed by atoms with Gasteiger partial charge in [-0.3, -0.25) is 0 Å². The van der Waals surface area contributed by atoms with Crippen molar-refractivity contribution >= 4 is 21.6 Å². The quantitative estimate of drug-likeness (QED) is 0.752. The molecule has 4 heteroatoms. The average molecular weight is 244 g/mol. The summed E-state index contributed by atoms with van der Waals surface area (Å²) in [6.07, 6.45) is 0. The Balaban J connectivity index is 2.14. The average Bonchev–Trinajstić information content (AvgIpc) is 2.95. The summed E-state index contributed by atoms with van der Waals surface area (Å²) < 4.78 is 6.80. The molecule has 2 aromatic heterocycles. The lowest BCUT2D eigenvalue weighted by atomic mass is 10.2. The first kappa shape index (κ1) is 10.5. The fourth-order valence-electron chi connectivity index (χ4n) is 1.79. The molecule has 0 spiro atoms. The van der Waals surface area contributed by atoms with Gasteiger partial charge in [-0.25, -0.2) is 4.98 Å². The Morgan fingerprint density at radius 3 is 2.88 bits per heavy atom. The van der Waals surface area contributed by atoms with E-state index in [9.17, 15) is 0 Å². The maximum absolute atomic E-state index is 5.61. The first-order valence-electron chi connectivity index (χ1n) is 5.43. The summed E-state index contributed by atoms with van der Waals surface area (Å²) in [4.78, 5) is 4.61. The smallest absolute Gasteiger partial charge is 0.163 e. The van der Waals surface area contributed by atoms with Crippen LogP contribution in [0.3, 0.4) is 0 Å². The van der Waals surface area contributed by atoms with Crippen molar-refractivity contribution in [3.05, 3.63) is 41.7 Å². The predicted octanol–water partition coefficient (Wildman–Crippen LogP) is 3.32. The molecule has 86 valence electrons. The van der Waals surface area contributed by atoms with Crippen molar-refractivity contribution in [2.75, 3.05) is 0 Å². The molecular weight excluding hydrogens is 232 g/mol. The van der Waals surface area contributed by atoms with E-state index in [1.807, 2.05) is 18.2 Å². The summed E-state index contributed by atoms with van der Waals surface area (Å²) in [5.74, 6) is 1.59. The van der Waals surface area contributed by atoms with E-state index < -0.39 is 0 Å². The van der Waals surface area contributed by atoms with E-state index in [0.717, 1.165) is 22.0 Å². The van der Waals surface area contributed by atoms with Crippen LogP contribution in [0.4, 0.5) is 0 Å². The predicted molar refractivity (Wildman–Crippen MR) is 70.0 cm³/mol. The van der Waals surface area contributed by atoms with Gasteiger partial charge in [0.05, 0.1) is 16.8 Å². The molecule has 0 radical (unpaired) electrons. The van der Waals surface area contributed by atoms with E-state index in [4.69, 9.17) is 10.2 Å². The number of benzene rings is 1. The number of hydrogen-bond acceptors (Lipinski definition) is 4. The van der Waals surface area contributed by atoms with E-state index in [1.165, 1.54) is 10.3 Å². The fourth-order valence-corrected chi connectivity index (χ4v) is 2.80. The number of para-hydroxylation sites is 1. The third kappa shape index (κ3) is 1.75. The van der Waals surface area contributed by atoms with Crippen LogP contribution < -0.4 is 5.73 Å². The van der Waals surface area contributed by atoms with Crippen molar-refractivity contribution in [1.82, 2.24) is 4.98 Å². The molecule has 0 saturated carbocycles. The Morgan fingerprint density at radius 2 is 2.18 bits per heavy atom. The minimum absolute atomic E-state index is 0.421. The van der Waals surface area contributed by atoms with Gasteiger partial charge in [0.2, 0.25) is 0 Å². The van der Waals surface area contributed by atoms with E-state index in [2.05, 4.69) is 24.0 Å². The van der Waals surface area contributed by atoms with E-state index in [-0.39, 0.29) is 0 Å². The second-order valence-electron chi connectivity index (χ2n) is 3.91. The van der Waals surface area contributed by atoms with Gasteiger partial charge >= 0.3 is 0 Å². The van der Waals surface area contributed by atoms with Gasteiger partial charge in [-0.2, -0.15) is 0 Å². The van der Waals surface area contributed by atoms with Gasteiger partial charge in [0.15, 0.2) is 10.8 Å².